The first-order valence-electron chi connectivity index (χ1n) is 10.9. The van der Waals surface area contributed by atoms with Gasteiger partial charge in [0.2, 0.25) is 11.8 Å². The molecule has 0 aliphatic carbocycles. The predicted octanol–water partition coefficient (Wildman–Crippen LogP) is 2.68. The first kappa shape index (κ1) is 25.8. The molecule has 0 radical (unpaired) electrons. The molecule has 0 aliphatic rings. The van der Waals surface area contributed by atoms with E-state index in [0.717, 1.165) is 11.3 Å². The van der Waals surface area contributed by atoms with Crippen LogP contribution in [-0.4, -0.2) is 52.5 Å². The molecular weight excluding hydrogens is 470 g/mol. The maximum atomic E-state index is 12.4. The Bertz CT molecular complexity index is 1160. The Labute approximate surface area is 207 Å². The Morgan fingerprint density at radius 3 is 2.31 bits per heavy atom. The Kier molecular flexibility index (Phi) is 9.24. The molecule has 1 aromatic heterocycles. The van der Waals surface area contributed by atoms with E-state index in [9.17, 15) is 14.4 Å². The zero-order chi connectivity index (χ0) is 25.2. The van der Waals surface area contributed by atoms with Crippen LogP contribution in [-0.2, 0) is 33.8 Å². The lowest BCUT2D eigenvalue weighted by Gasteiger charge is -2.09. The van der Waals surface area contributed by atoms with Gasteiger partial charge in [0.15, 0.2) is 11.0 Å². The number of nitrogens with zero attached hydrogens (tertiary/aromatic N) is 3. The lowest BCUT2D eigenvalue weighted by Crippen LogP contribution is -2.26. The third-order valence-corrected chi connectivity index (χ3v) is 5.97. The smallest absolute Gasteiger partial charge is 0.337 e. The molecule has 10 nitrogen and oxygen atoms in total. The van der Waals surface area contributed by atoms with E-state index in [4.69, 9.17) is 4.74 Å². The highest BCUT2D eigenvalue weighted by Gasteiger charge is 2.15. The van der Waals surface area contributed by atoms with Crippen molar-refractivity contribution in [2.75, 3.05) is 25.3 Å². The number of benzene rings is 2. The molecule has 3 rings (SSSR count). The van der Waals surface area contributed by atoms with Crippen molar-refractivity contribution in [2.45, 2.75) is 31.6 Å². The molecular formula is C24H27N5O5S. The molecule has 184 valence electrons. The molecule has 0 spiro atoms. The summed E-state index contributed by atoms with van der Waals surface area (Å²) in [6.07, 6.45) is 0.243. The lowest BCUT2D eigenvalue weighted by molar-refractivity contribution is -0.120. The quantitative estimate of drug-likeness (QED) is 0.306. The fourth-order valence-corrected chi connectivity index (χ4v) is 4.00. The van der Waals surface area contributed by atoms with Crippen molar-refractivity contribution in [3.05, 3.63) is 65.5 Å². The Balaban J connectivity index is 1.49. The number of ether oxygens (including phenoxy) is 2. The molecule has 0 atom stereocenters. The minimum Gasteiger partial charge on any atom is -0.497 e. The number of anilines is 1. The van der Waals surface area contributed by atoms with Crippen molar-refractivity contribution in [1.82, 2.24) is 20.1 Å². The predicted molar refractivity (Wildman–Crippen MR) is 131 cm³/mol. The van der Waals surface area contributed by atoms with Crippen LogP contribution >= 0.6 is 11.8 Å². The number of rotatable bonds is 11. The highest BCUT2D eigenvalue weighted by Crippen LogP contribution is 2.18. The lowest BCUT2D eigenvalue weighted by atomic mass is 10.1. The van der Waals surface area contributed by atoms with Crippen LogP contribution in [0.15, 0.2) is 53.7 Å². The second kappa shape index (κ2) is 12.6. The zero-order valence-electron chi connectivity index (χ0n) is 19.7. The van der Waals surface area contributed by atoms with Crippen LogP contribution in [0.3, 0.4) is 0 Å². The summed E-state index contributed by atoms with van der Waals surface area (Å²) in [5, 5.41) is 14.6. The van der Waals surface area contributed by atoms with E-state index in [2.05, 4.69) is 25.6 Å². The van der Waals surface area contributed by atoms with Crippen molar-refractivity contribution in [1.29, 1.82) is 0 Å². The van der Waals surface area contributed by atoms with Crippen molar-refractivity contribution in [2.24, 2.45) is 0 Å². The normalized spacial score (nSPS) is 10.5. The van der Waals surface area contributed by atoms with Gasteiger partial charge >= 0.3 is 5.97 Å². The summed E-state index contributed by atoms with van der Waals surface area (Å²) in [7, 11) is 2.91. The van der Waals surface area contributed by atoms with Crippen molar-refractivity contribution < 1.29 is 23.9 Å². The van der Waals surface area contributed by atoms with E-state index in [1.165, 1.54) is 18.9 Å². The number of nitrogens with one attached hydrogen (secondary N) is 2. The molecule has 2 aromatic carbocycles. The molecule has 0 fully saturated rings. The van der Waals surface area contributed by atoms with Crippen molar-refractivity contribution >= 4 is 35.2 Å². The van der Waals surface area contributed by atoms with E-state index >= 15 is 0 Å². The molecule has 2 N–H and O–H groups in total. The van der Waals surface area contributed by atoms with Gasteiger partial charge in [0.1, 0.15) is 5.75 Å². The van der Waals surface area contributed by atoms with Crippen LogP contribution in [0.1, 0.15) is 28.7 Å². The number of esters is 1. The van der Waals surface area contributed by atoms with E-state index in [-0.39, 0.29) is 30.5 Å². The summed E-state index contributed by atoms with van der Waals surface area (Å²) in [5.41, 5.74) is 1.85. The van der Waals surface area contributed by atoms with Crippen LogP contribution < -0.4 is 15.4 Å². The topological polar surface area (TPSA) is 124 Å². The minimum absolute atomic E-state index is 0.126. The summed E-state index contributed by atoms with van der Waals surface area (Å²) < 4.78 is 11.6. The van der Waals surface area contributed by atoms with Crippen LogP contribution in [0, 0.1) is 0 Å². The number of carbonyl (C=O) groups excluding carboxylic acids is 3. The number of amides is 2. The number of aromatic nitrogens is 3. The summed E-state index contributed by atoms with van der Waals surface area (Å²) in [6.45, 7) is 2.77. The van der Waals surface area contributed by atoms with Crippen molar-refractivity contribution in [3.8, 4) is 5.75 Å². The Morgan fingerprint density at radius 1 is 0.971 bits per heavy atom. The van der Waals surface area contributed by atoms with Gasteiger partial charge in [0.05, 0.1) is 38.5 Å². The standard InChI is InChI=1S/C24H27N5O5S/c1-4-29-20(14-25-21(30)13-16-5-11-19(33-2)12-6-16)27-28-24(29)35-15-22(31)26-18-9-7-17(8-10-18)23(32)34-3/h5-12H,4,13-15H2,1-3H3,(H,25,30)(H,26,31). The van der Waals surface area contributed by atoms with Crippen LogP contribution in [0.25, 0.3) is 0 Å². The third-order valence-electron chi connectivity index (χ3n) is 5.00. The van der Waals surface area contributed by atoms with Gasteiger partial charge in [-0.05, 0) is 48.9 Å². The third kappa shape index (κ3) is 7.31. The number of thioether (sulfide) groups is 1. The molecule has 0 saturated heterocycles. The van der Waals surface area contributed by atoms with Gasteiger partial charge in [-0.25, -0.2) is 4.79 Å². The maximum absolute atomic E-state index is 12.4. The number of carbonyl (C=O) groups is 3. The van der Waals surface area contributed by atoms with E-state index in [1.54, 1.807) is 31.4 Å². The summed E-state index contributed by atoms with van der Waals surface area (Å²) in [6, 6.07) is 13.8. The van der Waals surface area contributed by atoms with Gasteiger partial charge < -0.3 is 24.7 Å². The van der Waals surface area contributed by atoms with Gasteiger partial charge in [-0.1, -0.05) is 23.9 Å². The zero-order valence-corrected chi connectivity index (χ0v) is 20.6. The largest absolute Gasteiger partial charge is 0.497 e. The van der Waals surface area contributed by atoms with Crippen molar-refractivity contribution in [3.63, 3.8) is 0 Å². The van der Waals surface area contributed by atoms with Crippen LogP contribution in [0.4, 0.5) is 5.69 Å². The average Bonchev–Trinajstić information content (AvgIpc) is 3.28. The Morgan fingerprint density at radius 2 is 1.69 bits per heavy atom. The fourth-order valence-electron chi connectivity index (χ4n) is 3.18. The van der Waals surface area contributed by atoms with Gasteiger partial charge in [-0.2, -0.15) is 0 Å². The molecule has 3 aromatic rings. The molecule has 0 aliphatic heterocycles. The number of hydrogen-bond acceptors (Lipinski definition) is 8. The second-order valence-electron chi connectivity index (χ2n) is 7.35. The Hall–Kier alpha value is -3.86. The summed E-state index contributed by atoms with van der Waals surface area (Å²) in [4.78, 5) is 36.2. The maximum Gasteiger partial charge on any atom is 0.337 e. The highest BCUT2D eigenvalue weighted by molar-refractivity contribution is 7.99. The average molecular weight is 498 g/mol. The molecule has 1 heterocycles. The molecule has 0 bridgehead atoms. The van der Waals surface area contributed by atoms with Crippen LogP contribution in [0.5, 0.6) is 5.75 Å². The second-order valence-corrected chi connectivity index (χ2v) is 8.29. The fraction of sp³-hybridized carbons (Fsp3) is 0.292. The molecule has 2 amide bonds. The van der Waals surface area contributed by atoms with E-state index in [1.807, 2.05) is 35.8 Å². The first-order chi connectivity index (χ1) is 16.9. The van der Waals surface area contributed by atoms with Crippen LogP contribution in [0.2, 0.25) is 0 Å². The molecule has 0 saturated carbocycles. The number of methoxy groups -OCH3 is 2. The first-order valence-corrected chi connectivity index (χ1v) is 11.8. The van der Waals surface area contributed by atoms with Gasteiger partial charge in [-0.15, -0.1) is 10.2 Å². The molecule has 35 heavy (non-hydrogen) atoms. The van der Waals surface area contributed by atoms with Gasteiger partial charge in [0, 0.05) is 12.2 Å². The van der Waals surface area contributed by atoms with Gasteiger partial charge in [-0.3, -0.25) is 9.59 Å². The van der Waals surface area contributed by atoms with E-state index < -0.39 is 5.97 Å². The minimum atomic E-state index is -0.440. The summed E-state index contributed by atoms with van der Waals surface area (Å²) >= 11 is 1.25. The van der Waals surface area contributed by atoms with Gasteiger partial charge in [0.25, 0.3) is 0 Å². The van der Waals surface area contributed by atoms with E-state index in [0.29, 0.717) is 28.8 Å². The monoisotopic (exact) mass is 497 g/mol. The molecule has 11 heteroatoms. The molecule has 0 unspecified atom stereocenters. The highest BCUT2D eigenvalue weighted by atomic mass is 32.2. The SMILES string of the molecule is CCn1c(CNC(=O)Cc2ccc(OC)cc2)nnc1SCC(=O)Nc1ccc(C(=O)OC)cc1. The summed E-state index contributed by atoms with van der Waals surface area (Å²) in [5.74, 6) is 0.677. The number of hydrogen-bond donors (Lipinski definition) is 2.